The van der Waals surface area contributed by atoms with E-state index in [-0.39, 0.29) is 0 Å². The Morgan fingerprint density at radius 3 is 2.53 bits per heavy atom. The van der Waals surface area contributed by atoms with E-state index in [4.69, 9.17) is 5.73 Å². The van der Waals surface area contributed by atoms with Crippen LogP contribution in [-0.2, 0) is 6.54 Å². The summed E-state index contributed by atoms with van der Waals surface area (Å²) in [7, 11) is 2.05. The maximum Gasteiger partial charge on any atom is 0.0611 e. The van der Waals surface area contributed by atoms with Crippen LogP contribution in [0.5, 0.6) is 0 Å². The van der Waals surface area contributed by atoms with Gasteiger partial charge in [-0.1, -0.05) is 46.3 Å². The van der Waals surface area contributed by atoms with Crippen molar-refractivity contribution < 1.29 is 0 Å². The molecule has 88 valence electrons. The normalized spacial score (nSPS) is 10.2. The zero-order valence-corrected chi connectivity index (χ0v) is 11.3. The highest BCUT2D eigenvalue weighted by atomic mass is 79.9. The molecule has 0 unspecified atom stereocenters. The van der Waals surface area contributed by atoms with Gasteiger partial charge in [-0.3, -0.25) is 0 Å². The van der Waals surface area contributed by atoms with E-state index in [0.29, 0.717) is 0 Å². The third-order valence-corrected chi connectivity index (χ3v) is 3.16. The molecule has 0 spiro atoms. The van der Waals surface area contributed by atoms with Gasteiger partial charge in [0.25, 0.3) is 0 Å². The molecule has 2 nitrogen and oxygen atoms in total. The zero-order valence-electron chi connectivity index (χ0n) is 9.73. The molecular formula is C14H15BrN2. The summed E-state index contributed by atoms with van der Waals surface area (Å²) in [5.74, 6) is 0. The van der Waals surface area contributed by atoms with Gasteiger partial charge in [-0.25, -0.2) is 0 Å². The lowest BCUT2D eigenvalue weighted by Gasteiger charge is -2.21. The van der Waals surface area contributed by atoms with Crippen molar-refractivity contribution >= 4 is 27.3 Å². The lowest BCUT2D eigenvalue weighted by molar-refractivity contribution is 0.924. The summed E-state index contributed by atoms with van der Waals surface area (Å²) in [6.07, 6.45) is 0. The van der Waals surface area contributed by atoms with E-state index in [0.717, 1.165) is 22.4 Å². The van der Waals surface area contributed by atoms with Gasteiger partial charge in [0.15, 0.2) is 0 Å². The van der Waals surface area contributed by atoms with E-state index in [1.807, 2.05) is 43.4 Å². The molecule has 2 aromatic rings. The Bertz CT molecular complexity index is 497. The molecule has 2 rings (SSSR count). The fourth-order valence-corrected chi connectivity index (χ4v) is 2.14. The van der Waals surface area contributed by atoms with Gasteiger partial charge in [0.2, 0.25) is 0 Å². The van der Waals surface area contributed by atoms with Crippen LogP contribution in [0.1, 0.15) is 5.56 Å². The minimum atomic E-state index is 0.798. The SMILES string of the molecule is CN(Cc1ccccc1)c1cc(Br)ccc1N. The van der Waals surface area contributed by atoms with Crippen LogP contribution < -0.4 is 10.6 Å². The fourth-order valence-electron chi connectivity index (χ4n) is 1.79. The monoisotopic (exact) mass is 290 g/mol. The third-order valence-electron chi connectivity index (χ3n) is 2.67. The number of hydrogen-bond donors (Lipinski definition) is 1. The van der Waals surface area contributed by atoms with Gasteiger partial charge in [0, 0.05) is 18.1 Å². The fraction of sp³-hybridized carbons (Fsp3) is 0.143. The van der Waals surface area contributed by atoms with E-state index in [2.05, 4.69) is 33.0 Å². The van der Waals surface area contributed by atoms with Gasteiger partial charge in [0.05, 0.1) is 11.4 Å². The highest BCUT2D eigenvalue weighted by Gasteiger charge is 2.06. The van der Waals surface area contributed by atoms with Crippen molar-refractivity contribution in [3.63, 3.8) is 0 Å². The number of anilines is 2. The Morgan fingerprint density at radius 1 is 1.12 bits per heavy atom. The number of nitrogens with zero attached hydrogens (tertiary/aromatic N) is 1. The van der Waals surface area contributed by atoms with Gasteiger partial charge < -0.3 is 10.6 Å². The zero-order chi connectivity index (χ0) is 12.3. The second kappa shape index (κ2) is 5.23. The molecule has 0 aromatic heterocycles. The number of rotatable bonds is 3. The molecule has 0 radical (unpaired) electrons. The van der Waals surface area contributed by atoms with Crippen molar-refractivity contribution in [1.82, 2.24) is 0 Å². The molecule has 0 aliphatic carbocycles. The predicted molar refractivity (Wildman–Crippen MR) is 77.1 cm³/mol. The molecule has 17 heavy (non-hydrogen) atoms. The lowest BCUT2D eigenvalue weighted by atomic mass is 10.2. The quantitative estimate of drug-likeness (QED) is 0.874. The minimum Gasteiger partial charge on any atom is -0.397 e. The lowest BCUT2D eigenvalue weighted by Crippen LogP contribution is -2.17. The first-order chi connectivity index (χ1) is 8.16. The van der Waals surface area contributed by atoms with Crippen molar-refractivity contribution in [2.75, 3.05) is 17.7 Å². The first kappa shape index (κ1) is 12.0. The first-order valence-electron chi connectivity index (χ1n) is 5.47. The molecule has 0 aliphatic rings. The molecule has 2 aromatic carbocycles. The van der Waals surface area contributed by atoms with Crippen molar-refractivity contribution in [3.8, 4) is 0 Å². The topological polar surface area (TPSA) is 29.3 Å². The minimum absolute atomic E-state index is 0.798. The van der Waals surface area contributed by atoms with Crippen molar-refractivity contribution in [2.45, 2.75) is 6.54 Å². The van der Waals surface area contributed by atoms with Gasteiger partial charge in [-0.15, -0.1) is 0 Å². The molecule has 0 saturated carbocycles. The highest BCUT2D eigenvalue weighted by Crippen LogP contribution is 2.27. The van der Waals surface area contributed by atoms with Crippen LogP contribution in [0, 0.1) is 0 Å². The van der Waals surface area contributed by atoms with E-state index in [9.17, 15) is 0 Å². The molecule has 3 heteroatoms. The van der Waals surface area contributed by atoms with Crippen LogP contribution >= 0.6 is 15.9 Å². The number of nitrogens with two attached hydrogens (primary N) is 1. The molecule has 0 amide bonds. The molecule has 2 N–H and O–H groups in total. The van der Waals surface area contributed by atoms with Crippen molar-refractivity contribution in [2.24, 2.45) is 0 Å². The standard InChI is InChI=1S/C14H15BrN2/c1-17(10-11-5-3-2-4-6-11)14-9-12(15)7-8-13(14)16/h2-9H,10,16H2,1H3. The van der Waals surface area contributed by atoms with Crippen LogP contribution in [0.25, 0.3) is 0 Å². The summed E-state index contributed by atoms with van der Waals surface area (Å²) in [5, 5.41) is 0. The number of benzene rings is 2. The number of hydrogen-bond acceptors (Lipinski definition) is 2. The smallest absolute Gasteiger partial charge is 0.0611 e. The van der Waals surface area contributed by atoms with E-state index < -0.39 is 0 Å². The number of halogens is 1. The Labute approximate surface area is 110 Å². The number of nitrogen functional groups attached to an aromatic ring is 1. The average Bonchev–Trinajstić information content (AvgIpc) is 2.33. The summed E-state index contributed by atoms with van der Waals surface area (Å²) in [6.45, 7) is 0.849. The Hall–Kier alpha value is -1.48. The molecule has 0 atom stereocenters. The van der Waals surface area contributed by atoms with Gasteiger partial charge in [-0.05, 0) is 23.8 Å². The van der Waals surface area contributed by atoms with E-state index in [1.54, 1.807) is 0 Å². The van der Waals surface area contributed by atoms with Crippen LogP contribution in [0.15, 0.2) is 53.0 Å². The molecule has 0 fully saturated rings. The molecule has 0 saturated heterocycles. The van der Waals surface area contributed by atoms with E-state index in [1.165, 1.54) is 5.56 Å². The summed E-state index contributed by atoms with van der Waals surface area (Å²) in [5.41, 5.74) is 9.10. The van der Waals surface area contributed by atoms with Gasteiger partial charge >= 0.3 is 0 Å². The summed E-state index contributed by atoms with van der Waals surface area (Å²) < 4.78 is 1.04. The Balaban J connectivity index is 2.20. The van der Waals surface area contributed by atoms with E-state index >= 15 is 0 Å². The van der Waals surface area contributed by atoms with Crippen LogP contribution in [0.3, 0.4) is 0 Å². The maximum absolute atomic E-state index is 5.98. The average molecular weight is 291 g/mol. The van der Waals surface area contributed by atoms with Gasteiger partial charge in [-0.2, -0.15) is 0 Å². The van der Waals surface area contributed by atoms with Crippen LogP contribution in [-0.4, -0.2) is 7.05 Å². The molecule has 0 aliphatic heterocycles. The van der Waals surface area contributed by atoms with Crippen LogP contribution in [0.2, 0.25) is 0 Å². The largest absolute Gasteiger partial charge is 0.397 e. The van der Waals surface area contributed by atoms with Gasteiger partial charge in [0.1, 0.15) is 0 Å². The predicted octanol–water partition coefficient (Wildman–Crippen LogP) is 3.67. The van der Waals surface area contributed by atoms with Crippen LogP contribution in [0.4, 0.5) is 11.4 Å². The summed E-state index contributed by atoms with van der Waals surface area (Å²) >= 11 is 3.47. The second-order valence-electron chi connectivity index (χ2n) is 4.04. The third kappa shape index (κ3) is 3.01. The van der Waals surface area contributed by atoms with Crippen molar-refractivity contribution in [1.29, 1.82) is 0 Å². The summed E-state index contributed by atoms with van der Waals surface area (Å²) in [4.78, 5) is 2.15. The highest BCUT2D eigenvalue weighted by molar-refractivity contribution is 9.10. The molecule has 0 bridgehead atoms. The Kier molecular flexibility index (Phi) is 3.69. The Morgan fingerprint density at radius 2 is 1.82 bits per heavy atom. The molecular weight excluding hydrogens is 276 g/mol. The first-order valence-corrected chi connectivity index (χ1v) is 6.26. The second-order valence-corrected chi connectivity index (χ2v) is 4.96. The van der Waals surface area contributed by atoms with Crippen molar-refractivity contribution in [3.05, 3.63) is 58.6 Å². The molecule has 0 heterocycles. The maximum atomic E-state index is 5.98. The summed E-state index contributed by atoms with van der Waals surface area (Å²) in [6, 6.07) is 16.3.